The minimum Gasteiger partial charge on any atom is -0.303 e. The van der Waals surface area contributed by atoms with Crippen LogP contribution in [0.5, 0.6) is 0 Å². The Morgan fingerprint density at radius 3 is 2.50 bits per heavy atom. The topological polar surface area (TPSA) is 27.0 Å². The van der Waals surface area contributed by atoms with Gasteiger partial charge in [-0.05, 0) is 37.8 Å². The van der Waals surface area contributed by atoms with E-state index in [4.69, 9.17) is 5.26 Å². The van der Waals surface area contributed by atoms with Gasteiger partial charge in [-0.1, -0.05) is 20.3 Å². The highest BCUT2D eigenvalue weighted by atomic mass is 15.1. The molecule has 0 amide bonds. The van der Waals surface area contributed by atoms with Crippen molar-refractivity contribution in [1.29, 1.82) is 5.26 Å². The second kappa shape index (κ2) is 5.36. The molecule has 0 saturated heterocycles. The minimum atomic E-state index is 0.387. The van der Waals surface area contributed by atoms with Crippen molar-refractivity contribution in [2.75, 3.05) is 19.6 Å². The van der Waals surface area contributed by atoms with Crippen molar-refractivity contribution >= 4 is 0 Å². The molecule has 0 aromatic carbocycles. The molecule has 0 unspecified atom stereocenters. The number of hydrogen-bond acceptors (Lipinski definition) is 2. The Morgan fingerprint density at radius 2 is 2.07 bits per heavy atom. The van der Waals surface area contributed by atoms with Crippen LogP contribution in [0, 0.1) is 16.7 Å². The van der Waals surface area contributed by atoms with E-state index in [0.717, 1.165) is 19.5 Å². The number of nitrogens with zero attached hydrogens (tertiary/aromatic N) is 2. The second-order valence-electron chi connectivity index (χ2n) is 4.56. The van der Waals surface area contributed by atoms with Crippen LogP contribution in [-0.4, -0.2) is 24.5 Å². The Kier molecular flexibility index (Phi) is 4.41. The summed E-state index contributed by atoms with van der Waals surface area (Å²) in [7, 11) is 0. The number of nitriles is 1. The fourth-order valence-corrected chi connectivity index (χ4v) is 1.94. The van der Waals surface area contributed by atoms with Crippen molar-refractivity contribution in [3.05, 3.63) is 0 Å². The van der Waals surface area contributed by atoms with Crippen LogP contribution in [0.15, 0.2) is 0 Å². The summed E-state index contributed by atoms with van der Waals surface area (Å²) < 4.78 is 0. The van der Waals surface area contributed by atoms with E-state index in [1.54, 1.807) is 0 Å². The third kappa shape index (κ3) is 3.31. The molecule has 2 heteroatoms. The van der Waals surface area contributed by atoms with Gasteiger partial charge in [-0.3, -0.25) is 0 Å². The standard InChI is InChI=1S/C12H22N2/c1-3-5-10-14(4-2)11-12(6-7-12)8-9-13/h3-8,10-11H2,1-2H3. The molecule has 1 fully saturated rings. The molecule has 1 aliphatic carbocycles. The molecule has 2 nitrogen and oxygen atoms in total. The molecule has 0 aromatic rings. The first-order valence-corrected chi connectivity index (χ1v) is 5.85. The lowest BCUT2D eigenvalue weighted by atomic mass is 10.0. The molecule has 0 spiro atoms. The third-order valence-electron chi connectivity index (χ3n) is 3.25. The summed E-state index contributed by atoms with van der Waals surface area (Å²) in [4.78, 5) is 2.51. The summed E-state index contributed by atoms with van der Waals surface area (Å²) in [5.74, 6) is 0. The minimum absolute atomic E-state index is 0.387. The molecule has 0 heterocycles. The molecular formula is C12H22N2. The zero-order valence-electron chi connectivity index (χ0n) is 9.55. The Morgan fingerprint density at radius 1 is 1.36 bits per heavy atom. The zero-order valence-corrected chi connectivity index (χ0v) is 9.55. The molecule has 0 aromatic heterocycles. The van der Waals surface area contributed by atoms with Gasteiger partial charge in [-0.25, -0.2) is 0 Å². The molecule has 80 valence electrons. The maximum atomic E-state index is 8.74. The van der Waals surface area contributed by atoms with Crippen molar-refractivity contribution in [2.45, 2.75) is 46.0 Å². The van der Waals surface area contributed by atoms with Gasteiger partial charge < -0.3 is 4.90 Å². The summed E-state index contributed by atoms with van der Waals surface area (Å²) in [6.07, 6.45) is 5.85. The molecule has 0 radical (unpaired) electrons. The van der Waals surface area contributed by atoms with Crippen molar-refractivity contribution < 1.29 is 0 Å². The fourth-order valence-electron chi connectivity index (χ4n) is 1.94. The molecule has 1 aliphatic rings. The molecule has 0 atom stereocenters. The van der Waals surface area contributed by atoms with E-state index in [2.05, 4.69) is 24.8 Å². The van der Waals surface area contributed by atoms with Gasteiger partial charge in [-0.2, -0.15) is 5.26 Å². The smallest absolute Gasteiger partial charge is 0.0628 e. The van der Waals surface area contributed by atoms with E-state index in [1.165, 1.54) is 32.2 Å². The Bertz CT molecular complexity index is 201. The Balaban J connectivity index is 2.29. The van der Waals surface area contributed by atoms with Crippen LogP contribution in [0.4, 0.5) is 0 Å². The summed E-state index contributed by atoms with van der Waals surface area (Å²) in [6, 6.07) is 2.33. The largest absolute Gasteiger partial charge is 0.303 e. The number of rotatable bonds is 7. The lowest BCUT2D eigenvalue weighted by molar-refractivity contribution is 0.227. The Hall–Kier alpha value is -0.550. The van der Waals surface area contributed by atoms with Gasteiger partial charge in [0.15, 0.2) is 0 Å². The quantitative estimate of drug-likeness (QED) is 0.623. The SMILES string of the molecule is CCCCN(CC)CC1(CC#N)CC1. The average Bonchev–Trinajstić information content (AvgIpc) is 2.93. The highest BCUT2D eigenvalue weighted by molar-refractivity contribution is 5.01. The normalized spacial score (nSPS) is 18.1. The summed E-state index contributed by atoms with van der Waals surface area (Å²) >= 11 is 0. The van der Waals surface area contributed by atoms with E-state index in [0.29, 0.717) is 5.41 Å². The molecule has 0 bridgehead atoms. The molecule has 14 heavy (non-hydrogen) atoms. The van der Waals surface area contributed by atoms with Crippen LogP contribution in [0.2, 0.25) is 0 Å². The summed E-state index contributed by atoms with van der Waals surface area (Å²) in [6.45, 7) is 7.94. The van der Waals surface area contributed by atoms with E-state index < -0.39 is 0 Å². The van der Waals surface area contributed by atoms with Crippen molar-refractivity contribution in [3.63, 3.8) is 0 Å². The van der Waals surface area contributed by atoms with Crippen LogP contribution < -0.4 is 0 Å². The maximum absolute atomic E-state index is 8.74. The monoisotopic (exact) mass is 194 g/mol. The highest BCUT2D eigenvalue weighted by Gasteiger charge is 2.43. The van der Waals surface area contributed by atoms with Crippen molar-refractivity contribution in [2.24, 2.45) is 5.41 Å². The van der Waals surface area contributed by atoms with Gasteiger partial charge in [0.25, 0.3) is 0 Å². The van der Waals surface area contributed by atoms with Crippen LogP contribution in [0.1, 0.15) is 46.0 Å². The lowest BCUT2D eigenvalue weighted by Crippen LogP contribution is -2.31. The van der Waals surface area contributed by atoms with Crippen molar-refractivity contribution in [1.82, 2.24) is 4.90 Å². The van der Waals surface area contributed by atoms with Crippen LogP contribution >= 0.6 is 0 Å². The molecule has 1 saturated carbocycles. The van der Waals surface area contributed by atoms with Crippen LogP contribution in [0.3, 0.4) is 0 Å². The first-order chi connectivity index (χ1) is 6.76. The van der Waals surface area contributed by atoms with E-state index >= 15 is 0 Å². The molecular weight excluding hydrogens is 172 g/mol. The molecule has 1 rings (SSSR count). The van der Waals surface area contributed by atoms with Gasteiger partial charge in [0.2, 0.25) is 0 Å². The molecule has 0 aliphatic heterocycles. The van der Waals surface area contributed by atoms with Gasteiger partial charge in [0.05, 0.1) is 6.07 Å². The summed E-state index contributed by atoms with van der Waals surface area (Å²) in [5, 5.41) is 8.74. The first kappa shape index (κ1) is 11.5. The predicted octanol–water partition coefficient (Wildman–Crippen LogP) is 2.80. The number of unbranched alkanes of at least 4 members (excludes halogenated alkanes) is 1. The van der Waals surface area contributed by atoms with Crippen LogP contribution in [0.25, 0.3) is 0 Å². The van der Waals surface area contributed by atoms with Gasteiger partial charge in [-0.15, -0.1) is 0 Å². The third-order valence-corrected chi connectivity index (χ3v) is 3.25. The van der Waals surface area contributed by atoms with Gasteiger partial charge in [0, 0.05) is 13.0 Å². The van der Waals surface area contributed by atoms with E-state index in [1.807, 2.05) is 0 Å². The van der Waals surface area contributed by atoms with Crippen molar-refractivity contribution in [3.8, 4) is 6.07 Å². The summed E-state index contributed by atoms with van der Waals surface area (Å²) in [5.41, 5.74) is 0.387. The number of hydrogen-bond donors (Lipinski definition) is 0. The fraction of sp³-hybridized carbons (Fsp3) is 0.917. The second-order valence-corrected chi connectivity index (χ2v) is 4.56. The Labute approximate surface area is 87.9 Å². The van der Waals surface area contributed by atoms with E-state index in [9.17, 15) is 0 Å². The molecule has 0 N–H and O–H groups in total. The first-order valence-electron chi connectivity index (χ1n) is 5.85. The zero-order chi connectivity index (χ0) is 10.4. The lowest BCUT2D eigenvalue weighted by Gasteiger charge is -2.24. The average molecular weight is 194 g/mol. The van der Waals surface area contributed by atoms with E-state index in [-0.39, 0.29) is 0 Å². The van der Waals surface area contributed by atoms with Gasteiger partial charge >= 0.3 is 0 Å². The maximum Gasteiger partial charge on any atom is 0.0628 e. The highest BCUT2D eigenvalue weighted by Crippen LogP contribution is 2.49. The predicted molar refractivity (Wildman–Crippen MR) is 58.9 cm³/mol. The van der Waals surface area contributed by atoms with Crippen LogP contribution in [-0.2, 0) is 0 Å². The van der Waals surface area contributed by atoms with Gasteiger partial charge in [0.1, 0.15) is 0 Å².